The van der Waals surface area contributed by atoms with Crippen molar-refractivity contribution in [2.75, 3.05) is 0 Å². The Morgan fingerprint density at radius 3 is 2.47 bits per heavy atom. The second kappa shape index (κ2) is 4.79. The van der Waals surface area contributed by atoms with E-state index >= 15 is 0 Å². The van der Waals surface area contributed by atoms with Gasteiger partial charge in [0, 0.05) is 23.7 Å². The summed E-state index contributed by atoms with van der Waals surface area (Å²) in [6.07, 6.45) is 2.98. The number of carboxylic acid groups (broad SMARTS) is 1. The monoisotopic (exact) mass is 211 g/mol. The third kappa shape index (κ3) is 2.40. The number of carbonyl (C=O) groups is 1. The minimum absolute atomic E-state index is 0.0347. The molecule has 0 radical (unpaired) electrons. The summed E-state index contributed by atoms with van der Waals surface area (Å²) in [7, 11) is 0. The first-order valence-electron chi connectivity index (χ1n) is 5.74. The average molecular weight is 211 g/mol. The van der Waals surface area contributed by atoms with Gasteiger partial charge in [-0.05, 0) is 19.8 Å². The van der Waals surface area contributed by atoms with Crippen LogP contribution in [0.3, 0.4) is 0 Å². The van der Waals surface area contributed by atoms with Crippen molar-refractivity contribution in [2.45, 2.75) is 58.2 Å². The van der Waals surface area contributed by atoms with Gasteiger partial charge in [0.1, 0.15) is 0 Å². The van der Waals surface area contributed by atoms with E-state index in [0.29, 0.717) is 17.7 Å². The number of aliphatic carboxylic acids is 1. The Morgan fingerprint density at radius 1 is 1.53 bits per heavy atom. The lowest BCUT2D eigenvalue weighted by Crippen LogP contribution is -2.27. The molecule has 0 aromatic carbocycles. The van der Waals surface area contributed by atoms with Gasteiger partial charge in [0.15, 0.2) is 0 Å². The molecule has 0 amide bonds. The smallest absolute Gasteiger partial charge is 0.332 e. The molecule has 3 nitrogen and oxygen atoms in total. The minimum Gasteiger partial charge on any atom is -0.478 e. The van der Waals surface area contributed by atoms with Gasteiger partial charge in [0.05, 0.1) is 0 Å². The van der Waals surface area contributed by atoms with E-state index in [1.54, 1.807) is 0 Å². The van der Waals surface area contributed by atoms with E-state index in [-0.39, 0.29) is 6.04 Å². The van der Waals surface area contributed by atoms with Crippen LogP contribution in [0.4, 0.5) is 0 Å². The Hall–Kier alpha value is -0.830. The standard InChI is InChI=1S/C12H21NO2/c1-5-7-11(8(3)12(14)15)13-9(4)10(13)6-2/h9-11H,3,5-7H2,1-2,4H3,(H,14,15). The fourth-order valence-corrected chi connectivity index (χ4v) is 2.42. The van der Waals surface area contributed by atoms with Crippen molar-refractivity contribution in [1.82, 2.24) is 4.90 Å². The van der Waals surface area contributed by atoms with Crippen molar-refractivity contribution < 1.29 is 9.90 Å². The van der Waals surface area contributed by atoms with Gasteiger partial charge < -0.3 is 5.11 Å². The molecule has 0 spiro atoms. The normalized spacial score (nSPS) is 31.0. The van der Waals surface area contributed by atoms with Gasteiger partial charge in [0.25, 0.3) is 0 Å². The Labute approximate surface area is 91.8 Å². The predicted octanol–water partition coefficient (Wildman–Crippen LogP) is 2.28. The van der Waals surface area contributed by atoms with Gasteiger partial charge in [-0.15, -0.1) is 0 Å². The maximum absolute atomic E-state index is 10.9. The lowest BCUT2D eigenvalue weighted by atomic mass is 10.0. The second-order valence-electron chi connectivity index (χ2n) is 4.30. The topological polar surface area (TPSA) is 40.3 Å². The van der Waals surface area contributed by atoms with Crippen molar-refractivity contribution in [1.29, 1.82) is 0 Å². The highest BCUT2D eigenvalue weighted by Gasteiger charge is 2.47. The molecule has 0 saturated carbocycles. The largest absolute Gasteiger partial charge is 0.478 e. The lowest BCUT2D eigenvalue weighted by molar-refractivity contribution is -0.133. The maximum Gasteiger partial charge on any atom is 0.332 e. The molecule has 1 aliphatic heterocycles. The van der Waals surface area contributed by atoms with Crippen LogP contribution in [-0.2, 0) is 4.79 Å². The molecule has 86 valence electrons. The van der Waals surface area contributed by atoms with E-state index in [1.807, 2.05) is 0 Å². The Balaban J connectivity index is 2.67. The summed E-state index contributed by atoms with van der Waals surface area (Å²) >= 11 is 0. The van der Waals surface area contributed by atoms with Gasteiger partial charge in [-0.25, -0.2) is 4.79 Å². The molecular formula is C12H21NO2. The third-order valence-corrected chi connectivity index (χ3v) is 3.34. The first-order valence-corrected chi connectivity index (χ1v) is 5.74. The van der Waals surface area contributed by atoms with E-state index in [2.05, 4.69) is 32.3 Å². The molecule has 0 aromatic rings. The third-order valence-electron chi connectivity index (χ3n) is 3.34. The maximum atomic E-state index is 10.9. The van der Waals surface area contributed by atoms with E-state index in [1.165, 1.54) is 0 Å². The zero-order chi connectivity index (χ0) is 11.6. The minimum atomic E-state index is -0.859. The fraction of sp³-hybridized carbons (Fsp3) is 0.750. The Morgan fingerprint density at radius 2 is 2.13 bits per heavy atom. The van der Waals surface area contributed by atoms with Gasteiger partial charge in [-0.3, -0.25) is 4.90 Å². The molecule has 0 bridgehead atoms. The molecule has 1 saturated heterocycles. The molecule has 1 rings (SSSR count). The zero-order valence-corrected chi connectivity index (χ0v) is 9.86. The van der Waals surface area contributed by atoms with E-state index in [0.717, 1.165) is 19.3 Å². The highest BCUT2D eigenvalue weighted by atomic mass is 16.4. The molecule has 4 atom stereocenters. The van der Waals surface area contributed by atoms with Crippen molar-refractivity contribution in [3.8, 4) is 0 Å². The van der Waals surface area contributed by atoms with E-state index in [9.17, 15) is 4.79 Å². The first-order chi connectivity index (χ1) is 7.04. The summed E-state index contributed by atoms with van der Waals surface area (Å²) in [6.45, 7) is 10.1. The molecule has 1 N–H and O–H groups in total. The summed E-state index contributed by atoms with van der Waals surface area (Å²) in [5.74, 6) is -0.859. The summed E-state index contributed by atoms with van der Waals surface area (Å²) in [5, 5.41) is 8.97. The first kappa shape index (κ1) is 12.2. The van der Waals surface area contributed by atoms with Gasteiger partial charge >= 0.3 is 5.97 Å². The molecule has 0 aromatic heterocycles. The molecule has 0 aliphatic carbocycles. The van der Waals surface area contributed by atoms with Gasteiger partial charge in [0.2, 0.25) is 0 Å². The van der Waals surface area contributed by atoms with Crippen LogP contribution >= 0.6 is 0 Å². The quantitative estimate of drug-likeness (QED) is 0.541. The zero-order valence-electron chi connectivity index (χ0n) is 9.86. The van der Waals surface area contributed by atoms with Crippen LogP contribution in [0, 0.1) is 0 Å². The molecule has 1 aliphatic rings. The van der Waals surface area contributed by atoms with Crippen LogP contribution in [-0.4, -0.2) is 34.1 Å². The van der Waals surface area contributed by atoms with Crippen LogP contribution in [0.1, 0.15) is 40.0 Å². The van der Waals surface area contributed by atoms with Gasteiger partial charge in [-0.1, -0.05) is 26.8 Å². The lowest BCUT2D eigenvalue weighted by Gasteiger charge is -2.19. The number of nitrogens with zero attached hydrogens (tertiary/aromatic N) is 1. The summed E-state index contributed by atoms with van der Waals surface area (Å²) < 4.78 is 0. The van der Waals surface area contributed by atoms with Crippen molar-refractivity contribution in [3.05, 3.63) is 12.2 Å². The summed E-state index contributed by atoms with van der Waals surface area (Å²) in [5.41, 5.74) is 0.347. The van der Waals surface area contributed by atoms with Crippen molar-refractivity contribution in [3.63, 3.8) is 0 Å². The van der Waals surface area contributed by atoms with Crippen molar-refractivity contribution in [2.24, 2.45) is 0 Å². The molecule has 3 heteroatoms. The molecule has 1 heterocycles. The molecule has 15 heavy (non-hydrogen) atoms. The molecule has 1 fully saturated rings. The molecular weight excluding hydrogens is 190 g/mol. The average Bonchev–Trinajstić information content (AvgIpc) is 2.84. The van der Waals surface area contributed by atoms with Crippen LogP contribution in [0.25, 0.3) is 0 Å². The van der Waals surface area contributed by atoms with Crippen LogP contribution < -0.4 is 0 Å². The number of rotatable bonds is 6. The highest BCUT2D eigenvalue weighted by Crippen LogP contribution is 2.37. The number of carboxylic acids is 1. The van der Waals surface area contributed by atoms with Crippen molar-refractivity contribution >= 4 is 5.97 Å². The van der Waals surface area contributed by atoms with Gasteiger partial charge in [-0.2, -0.15) is 0 Å². The number of hydrogen-bond donors (Lipinski definition) is 1. The summed E-state index contributed by atoms with van der Waals surface area (Å²) in [6, 6.07) is 1.10. The van der Waals surface area contributed by atoms with E-state index < -0.39 is 5.97 Å². The Kier molecular flexibility index (Phi) is 3.91. The van der Waals surface area contributed by atoms with Crippen LogP contribution in [0.2, 0.25) is 0 Å². The fourth-order valence-electron chi connectivity index (χ4n) is 2.42. The number of hydrogen-bond acceptors (Lipinski definition) is 2. The van der Waals surface area contributed by atoms with E-state index in [4.69, 9.17) is 5.11 Å². The van der Waals surface area contributed by atoms with Crippen LogP contribution in [0.15, 0.2) is 12.2 Å². The summed E-state index contributed by atoms with van der Waals surface area (Å²) in [4.78, 5) is 13.2. The Bertz CT molecular complexity index is 262. The predicted molar refractivity (Wildman–Crippen MR) is 60.9 cm³/mol. The second-order valence-corrected chi connectivity index (χ2v) is 4.30. The molecule has 4 unspecified atom stereocenters. The SMILES string of the molecule is C=C(C(=O)O)C(CCC)N1C(C)C1CC. The van der Waals surface area contributed by atoms with Crippen LogP contribution in [0.5, 0.6) is 0 Å². The highest BCUT2D eigenvalue weighted by molar-refractivity contribution is 5.87.